The predicted octanol–water partition coefficient (Wildman–Crippen LogP) is 4.91. The highest BCUT2D eigenvalue weighted by atomic mass is 14.8. The van der Waals surface area contributed by atoms with E-state index in [0.717, 1.165) is 29.6 Å². The van der Waals surface area contributed by atoms with Gasteiger partial charge in [0.15, 0.2) is 0 Å². The molecule has 2 saturated carbocycles. The molecule has 16 heavy (non-hydrogen) atoms. The molecule has 4 unspecified atom stereocenters. The molecule has 4 atom stereocenters. The molecule has 0 bridgehead atoms. The van der Waals surface area contributed by atoms with Crippen LogP contribution in [0.5, 0.6) is 0 Å². The standard InChI is InChI=1S/C16H28/c1-10(2)7-12(5)15-14-9-13(8-11(3)4)16(14,15)6/h10-11,13-15H,5,7-9H2,1-4,6H3. The van der Waals surface area contributed by atoms with Gasteiger partial charge in [-0.25, -0.2) is 0 Å². The fourth-order valence-corrected chi connectivity index (χ4v) is 4.27. The third kappa shape index (κ3) is 1.75. The molecule has 0 spiro atoms. The normalized spacial score (nSPS) is 40.8. The van der Waals surface area contributed by atoms with Gasteiger partial charge in [0.1, 0.15) is 0 Å². The van der Waals surface area contributed by atoms with Crippen LogP contribution in [0.1, 0.15) is 53.9 Å². The van der Waals surface area contributed by atoms with Crippen molar-refractivity contribution >= 4 is 0 Å². The summed E-state index contributed by atoms with van der Waals surface area (Å²) in [5.41, 5.74) is 2.21. The summed E-state index contributed by atoms with van der Waals surface area (Å²) in [5.74, 6) is 4.51. The summed E-state index contributed by atoms with van der Waals surface area (Å²) in [4.78, 5) is 0. The quantitative estimate of drug-likeness (QED) is 0.578. The fourth-order valence-electron chi connectivity index (χ4n) is 4.27. The van der Waals surface area contributed by atoms with Gasteiger partial charge in [0.25, 0.3) is 0 Å². The van der Waals surface area contributed by atoms with Crippen LogP contribution in [-0.2, 0) is 0 Å². The molecule has 0 N–H and O–H groups in total. The molecule has 0 aromatic carbocycles. The maximum Gasteiger partial charge on any atom is -0.0112 e. The van der Waals surface area contributed by atoms with E-state index >= 15 is 0 Å². The molecule has 92 valence electrons. The van der Waals surface area contributed by atoms with Crippen molar-refractivity contribution in [1.82, 2.24) is 0 Å². The monoisotopic (exact) mass is 220 g/mol. The molecule has 0 nitrogen and oxygen atoms in total. The maximum atomic E-state index is 4.36. The van der Waals surface area contributed by atoms with Gasteiger partial charge in [0, 0.05) is 0 Å². The van der Waals surface area contributed by atoms with Crippen molar-refractivity contribution in [2.75, 3.05) is 0 Å². The molecule has 0 amide bonds. The molecule has 0 heterocycles. The van der Waals surface area contributed by atoms with Gasteiger partial charge in [-0.1, -0.05) is 46.8 Å². The third-order valence-electron chi connectivity index (χ3n) is 5.05. The van der Waals surface area contributed by atoms with Crippen molar-refractivity contribution in [3.63, 3.8) is 0 Å². The maximum absolute atomic E-state index is 4.36. The predicted molar refractivity (Wildman–Crippen MR) is 71.2 cm³/mol. The van der Waals surface area contributed by atoms with Gasteiger partial charge in [-0.3, -0.25) is 0 Å². The first-order valence-electron chi connectivity index (χ1n) is 7.05. The number of fused-ring (bicyclic) bond motifs is 1. The first-order valence-corrected chi connectivity index (χ1v) is 7.05. The average Bonchev–Trinajstić information content (AvgIpc) is 2.61. The van der Waals surface area contributed by atoms with Crippen LogP contribution in [0.3, 0.4) is 0 Å². The molecule has 0 aromatic rings. The smallest absolute Gasteiger partial charge is 0.0112 e. The van der Waals surface area contributed by atoms with Gasteiger partial charge in [-0.15, -0.1) is 0 Å². The van der Waals surface area contributed by atoms with Crippen molar-refractivity contribution in [2.45, 2.75) is 53.9 Å². The molecule has 0 radical (unpaired) electrons. The zero-order valence-electron chi connectivity index (χ0n) is 11.7. The fraction of sp³-hybridized carbons (Fsp3) is 0.875. The van der Waals surface area contributed by atoms with Crippen LogP contribution >= 0.6 is 0 Å². The van der Waals surface area contributed by atoms with Gasteiger partial charge >= 0.3 is 0 Å². The van der Waals surface area contributed by atoms with Crippen molar-refractivity contribution in [1.29, 1.82) is 0 Å². The Bertz CT molecular complexity index is 286. The van der Waals surface area contributed by atoms with Crippen LogP contribution in [0.4, 0.5) is 0 Å². The Balaban J connectivity index is 1.91. The van der Waals surface area contributed by atoms with Crippen LogP contribution in [0, 0.1) is 35.0 Å². The van der Waals surface area contributed by atoms with E-state index in [2.05, 4.69) is 41.2 Å². The van der Waals surface area contributed by atoms with Crippen molar-refractivity contribution < 1.29 is 0 Å². The summed E-state index contributed by atoms with van der Waals surface area (Å²) in [6.45, 7) is 16.2. The van der Waals surface area contributed by atoms with E-state index < -0.39 is 0 Å². The highest BCUT2D eigenvalue weighted by molar-refractivity contribution is 5.30. The second-order valence-electron chi connectivity index (χ2n) is 7.27. The van der Waals surface area contributed by atoms with Gasteiger partial charge < -0.3 is 0 Å². The number of hydrogen-bond acceptors (Lipinski definition) is 0. The molecular weight excluding hydrogens is 192 g/mol. The molecule has 2 rings (SSSR count). The van der Waals surface area contributed by atoms with Gasteiger partial charge in [0.05, 0.1) is 0 Å². The lowest BCUT2D eigenvalue weighted by Crippen LogP contribution is -2.27. The Kier molecular flexibility index (Phi) is 2.97. The molecule has 0 aliphatic heterocycles. The zero-order chi connectivity index (χ0) is 12.1. The Morgan fingerprint density at radius 3 is 2.38 bits per heavy atom. The SMILES string of the molecule is C=C(CC(C)C)C1C2CC(CC(C)C)C21C. The minimum atomic E-state index is 0.663. The molecule has 0 saturated heterocycles. The van der Waals surface area contributed by atoms with Gasteiger partial charge in [-0.2, -0.15) is 0 Å². The van der Waals surface area contributed by atoms with Crippen molar-refractivity contribution in [2.24, 2.45) is 35.0 Å². The summed E-state index contributed by atoms with van der Waals surface area (Å²) < 4.78 is 0. The number of allylic oxidation sites excluding steroid dienone is 1. The summed E-state index contributed by atoms with van der Waals surface area (Å²) >= 11 is 0. The van der Waals surface area contributed by atoms with Crippen LogP contribution in [0.2, 0.25) is 0 Å². The summed E-state index contributed by atoms with van der Waals surface area (Å²) in [7, 11) is 0. The van der Waals surface area contributed by atoms with Crippen LogP contribution < -0.4 is 0 Å². The number of rotatable bonds is 5. The van der Waals surface area contributed by atoms with Crippen LogP contribution in [0.15, 0.2) is 12.2 Å². The van der Waals surface area contributed by atoms with Crippen molar-refractivity contribution in [3.05, 3.63) is 12.2 Å². The van der Waals surface area contributed by atoms with E-state index in [1.54, 1.807) is 5.57 Å². The second-order valence-corrected chi connectivity index (χ2v) is 7.27. The summed E-state index contributed by atoms with van der Waals surface area (Å²) in [6, 6.07) is 0. The number of hydrogen-bond donors (Lipinski definition) is 0. The van der Waals surface area contributed by atoms with Crippen LogP contribution in [-0.4, -0.2) is 0 Å². The zero-order valence-corrected chi connectivity index (χ0v) is 11.7. The third-order valence-corrected chi connectivity index (χ3v) is 5.05. The van der Waals surface area contributed by atoms with E-state index in [1.807, 2.05) is 0 Å². The van der Waals surface area contributed by atoms with Crippen LogP contribution in [0.25, 0.3) is 0 Å². The lowest BCUT2D eigenvalue weighted by atomic mass is 9.70. The first-order chi connectivity index (χ1) is 7.37. The second kappa shape index (κ2) is 3.89. The lowest BCUT2D eigenvalue weighted by Gasteiger charge is -2.35. The van der Waals surface area contributed by atoms with Crippen molar-refractivity contribution in [3.8, 4) is 0 Å². The highest BCUT2D eigenvalue weighted by Crippen LogP contribution is 2.78. The molecular formula is C16H28. The molecule has 0 aromatic heterocycles. The van der Waals surface area contributed by atoms with E-state index in [9.17, 15) is 0 Å². The van der Waals surface area contributed by atoms with E-state index in [1.165, 1.54) is 19.3 Å². The Morgan fingerprint density at radius 1 is 1.25 bits per heavy atom. The molecule has 2 aliphatic carbocycles. The average molecular weight is 220 g/mol. The largest absolute Gasteiger partial charge is 0.0995 e. The molecule has 2 aliphatic rings. The molecule has 0 heteroatoms. The van der Waals surface area contributed by atoms with E-state index in [0.29, 0.717) is 5.41 Å². The minimum absolute atomic E-state index is 0.663. The Labute approximate surface area is 102 Å². The van der Waals surface area contributed by atoms with E-state index in [-0.39, 0.29) is 0 Å². The topological polar surface area (TPSA) is 0 Å². The Hall–Kier alpha value is -0.260. The minimum Gasteiger partial charge on any atom is -0.0995 e. The summed E-state index contributed by atoms with van der Waals surface area (Å²) in [5, 5.41) is 0. The lowest BCUT2D eigenvalue weighted by molar-refractivity contribution is 0.146. The Morgan fingerprint density at radius 2 is 1.88 bits per heavy atom. The highest BCUT2D eigenvalue weighted by Gasteiger charge is 2.72. The van der Waals surface area contributed by atoms with Gasteiger partial charge in [-0.05, 0) is 54.3 Å². The van der Waals surface area contributed by atoms with Gasteiger partial charge in [0.2, 0.25) is 0 Å². The van der Waals surface area contributed by atoms with E-state index in [4.69, 9.17) is 0 Å². The summed E-state index contributed by atoms with van der Waals surface area (Å²) in [6.07, 6.45) is 4.15. The molecule has 2 fully saturated rings. The first kappa shape index (κ1) is 12.2.